The van der Waals surface area contributed by atoms with E-state index in [1.54, 1.807) is 55.6 Å². The zero-order valence-electron chi connectivity index (χ0n) is 21.8. The third kappa shape index (κ3) is 8.57. The second-order valence-electron chi connectivity index (χ2n) is 8.66. The first-order valence-corrected chi connectivity index (χ1v) is 12.2. The summed E-state index contributed by atoms with van der Waals surface area (Å²) in [6, 6.07) is 29.1. The van der Waals surface area contributed by atoms with Crippen LogP contribution in [0.15, 0.2) is 97.1 Å². The van der Waals surface area contributed by atoms with Crippen molar-refractivity contribution in [2.75, 3.05) is 14.2 Å². The average Bonchev–Trinajstić information content (AvgIpc) is 2.94. The highest BCUT2D eigenvalue weighted by molar-refractivity contribution is 6.10. The van der Waals surface area contributed by atoms with Gasteiger partial charge in [0, 0.05) is 11.1 Å². The molecule has 0 saturated carbocycles. The highest BCUT2D eigenvalue weighted by Gasteiger charge is 2.16. The van der Waals surface area contributed by atoms with E-state index in [9.17, 15) is 14.4 Å². The van der Waals surface area contributed by atoms with Crippen LogP contribution in [0.25, 0.3) is 0 Å². The van der Waals surface area contributed by atoms with Crippen molar-refractivity contribution in [3.63, 3.8) is 0 Å². The maximum atomic E-state index is 12.5. The molecule has 0 aliphatic rings. The number of carboxylic acids is 2. The fourth-order valence-electron chi connectivity index (χ4n) is 4.00. The van der Waals surface area contributed by atoms with Crippen LogP contribution in [0.2, 0.25) is 0 Å². The number of benzene rings is 4. The van der Waals surface area contributed by atoms with Crippen molar-refractivity contribution >= 4 is 17.7 Å². The van der Waals surface area contributed by atoms with Gasteiger partial charge in [-0.2, -0.15) is 0 Å². The summed E-state index contributed by atoms with van der Waals surface area (Å²) in [5.74, 6) is -0.726. The first-order chi connectivity index (χ1) is 18.8. The Morgan fingerprint density at radius 3 is 1.69 bits per heavy atom. The van der Waals surface area contributed by atoms with E-state index < -0.39 is 11.9 Å². The molecule has 0 bridgehead atoms. The summed E-state index contributed by atoms with van der Waals surface area (Å²) in [7, 11) is 3.11. The molecule has 7 heteroatoms. The molecule has 0 fully saturated rings. The Bertz CT molecular complexity index is 1410. The van der Waals surface area contributed by atoms with Gasteiger partial charge in [-0.1, -0.05) is 72.8 Å². The second-order valence-corrected chi connectivity index (χ2v) is 8.66. The molecule has 0 heterocycles. The Kier molecular flexibility index (Phi) is 10.4. The van der Waals surface area contributed by atoms with Gasteiger partial charge in [-0.3, -0.25) is 14.4 Å². The van der Waals surface area contributed by atoms with Gasteiger partial charge in [0.15, 0.2) is 5.78 Å². The Morgan fingerprint density at radius 2 is 1.13 bits per heavy atom. The number of aliphatic carboxylic acids is 2. The SMILES string of the molecule is COc1ccc(CC(=O)O)c(C(=O)c2ccccc2)c1.COc1ccc(CC(=O)O)c(Cc2ccccc2)c1. The lowest BCUT2D eigenvalue weighted by molar-refractivity contribution is -0.137. The molecule has 0 saturated heterocycles. The molecule has 4 aromatic carbocycles. The van der Waals surface area contributed by atoms with E-state index >= 15 is 0 Å². The van der Waals surface area contributed by atoms with E-state index in [2.05, 4.69) is 0 Å². The predicted octanol–water partition coefficient (Wildman–Crippen LogP) is 5.47. The van der Waals surface area contributed by atoms with Crippen LogP contribution in [-0.2, 0) is 28.9 Å². The van der Waals surface area contributed by atoms with Crippen LogP contribution in [0.1, 0.15) is 38.2 Å². The van der Waals surface area contributed by atoms with Gasteiger partial charge in [0.1, 0.15) is 11.5 Å². The van der Waals surface area contributed by atoms with E-state index in [1.165, 1.54) is 7.11 Å². The van der Waals surface area contributed by atoms with E-state index in [0.717, 1.165) is 22.4 Å². The van der Waals surface area contributed by atoms with Crippen LogP contribution in [0, 0.1) is 0 Å². The van der Waals surface area contributed by atoms with Gasteiger partial charge in [0.2, 0.25) is 0 Å². The molecule has 7 nitrogen and oxygen atoms in total. The van der Waals surface area contributed by atoms with Crippen LogP contribution >= 0.6 is 0 Å². The summed E-state index contributed by atoms with van der Waals surface area (Å²) in [6.45, 7) is 0. The molecule has 0 aliphatic heterocycles. The molecular formula is C32H30O7. The molecule has 2 N–H and O–H groups in total. The molecule has 0 radical (unpaired) electrons. The molecule has 4 rings (SSSR count). The highest BCUT2D eigenvalue weighted by atomic mass is 16.5. The van der Waals surface area contributed by atoms with E-state index in [4.69, 9.17) is 19.7 Å². The summed E-state index contributed by atoms with van der Waals surface area (Å²) in [5, 5.41) is 17.9. The highest BCUT2D eigenvalue weighted by Crippen LogP contribution is 2.22. The van der Waals surface area contributed by atoms with Crippen molar-refractivity contribution in [2.24, 2.45) is 0 Å². The molecule has 0 unspecified atom stereocenters. The summed E-state index contributed by atoms with van der Waals surface area (Å²) < 4.78 is 10.3. The normalized spacial score (nSPS) is 10.1. The molecule has 0 amide bonds. The maximum absolute atomic E-state index is 12.5. The predicted molar refractivity (Wildman–Crippen MR) is 148 cm³/mol. The van der Waals surface area contributed by atoms with Gasteiger partial charge in [-0.05, 0) is 52.9 Å². The lowest BCUT2D eigenvalue weighted by Crippen LogP contribution is -2.09. The molecule has 0 aliphatic carbocycles. The van der Waals surface area contributed by atoms with Crippen molar-refractivity contribution in [3.8, 4) is 11.5 Å². The molecular weight excluding hydrogens is 496 g/mol. The lowest BCUT2D eigenvalue weighted by atomic mass is 9.96. The van der Waals surface area contributed by atoms with Crippen molar-refractivity contribution in [3.05, 3.63) is 130 Å². The minimum atomic E-state index is -0.975. The van der Waals surface area contributed by atoms with E-state index in [0.29, 0.717) is 28.9 Å². The number of methoxy groups -OCH3 is 2. The first-order valence-electron chi connectivity index (χ1n) is 12.2. The standard InChI is InChI=1S/C16H14O4.C16H16O3/c1-20-13-8-7-12(9-15(17)18)14(10-13)16(19)11-5-3-2-4-6-11;1-19-15-8-7-13(11-16(17)18)14(10-15)9-12-5-3-2-4-6-12/h2-8,10H,9H2,1H3,(H,17,18);2-8,10H,9,11H2,1H3,(H,17,18). The lowest BCUT2D eigenvalue weighted by Gasteiger charge is -2.10. The van der Waals surface area contributed by atoms with E-state index in [-0.39, 0.29) is 18.6 Å². The summed E-state index contributed by atoms with van der Waals surface area (Å²) in [6.07, 6.45) is 0.546. The molecule has 4 aromatic rings. The van der Waals surface area contributed by atoms with Crippen molar-refractivity contribution < 1.29 is 34.1 Å². The largest absolute Gasteiger partial charge is 0.497 e. The second kappa shape index (κ2) is 14.1. The fourth-order valence-corrected chi connectivity index (χ4v) is 4.00. The molecule has 0 spiro atoms. The van der Waals surface area contributed by atoms with Crippen molar-refractivity contribution in [1.29, 1.82) is 0 Å². The van der Waals surface area contributed by atoms with Gasteiger partial charge in [-0.15, -0.1) is 0 Å². The molecule has 39 heavy (non-hydrogen) atoms. The van der Waals surface area contributed by atoms with Crippen LogP contribution in [0.4, 0.5) is 0 Å². The molecule has 0 aromatic heterocycles. The Morgan fingerprint density at radius 1 is 0.615 bits per heavy atom. The smallest absolute Gasteiger partial charge is 0.307 e. The molecule has 200 valence electrons. The van der Waals surface area contributed by atoms with Crippen LogP contribution in [0.3, 0.4) is 0 Å². The summed E-state index contributed by atoms with van der Waals surface area (Å²) in [4.78, 5) is 34.3. The van der Waals surface area contributed by atoms with Crippen molar-refractivity contribution in [2.45, 2.75) is 19.3 Å². The number of rotatable bonds is 10. The first kappa shape index (κ1) is 28.7. The zero-order chi connectivity index (χ0) is 28.2. The number of ether oxygens (including phenoxy) is 2. The zero-order valence-corrected chi connectivity index (χ0v) is 21.8. The maximum Gasteiger partial charge on any atom is 0.307 e. The number of carbonyl (C=O) groups is 3. The third-order valence-corrected chi connectivity index (χ3v) is 5.93. The summed E-state index contributed by atoms with van der Waals surface area (Å²) >= 11 is 0. The monoisotopic (exact) mass is 526 g/mol. The Labute approximate surface area is 227 Å². The number of ketones is 1. The van der Waals surface area contributed by atoms with Crippen LogP contribution < -0.4 is 9.47 Å². The van der Waals surface area contributed by atoms with Crippen molar-refractivity contribution in [1.82, 2.24) is 0 Å². The summed E-state index contributed by atoms with van der Waals surface area (Å²) in [5.41, 5.74) is 4.34. The van der Waals surface area contributed by atoms with Crippen LogP contribution in [-0.4, -0.2) is 42.2 Å². The topological polar surface area (TPSA) is 110 Å². The fraction of sp³-hybridized carbons (Fsp3) is 0.156. The number of carboxylic acid groups (broad SMARTS) is 2. The third-order valence-electron chi connectivity index (χ3n) is 5.93. The van der Waals surface area contributed by atoms with Gasteiger partial charge in [0.05, 0.1) is 27.1 Å². The van der Waals surface area contributed by atoms with Gasteiger partial charge in [-0.25, -0.2) is 0 Å². The number of carbonyl (C=O) groups excluding carboxylic acids is 1. The van der Waals surface area contributed by atoms with Gasteiger partial charge in [0.25, 0.3) is 0 Å². The number of hydrogen-bond donors (Lipinski definition) is 2. The van der Waals surface area contributed by atoms with Gasteiger partial charge >= 0.3 is 11.9 Å². The Balaban J connectivity index is 0.000000216. The quantitative estimate of drug-likeness (QED) is 0.264. The van der Waals surface area contributed by atoms with Gasteiger partial charge < -0.3 is 19.7 Å². The minimum absolute atomic E-state index is 0.0339. The Hall–Kier alpha value is -4.91. The van der Waals surface area contributed by atoms with E-state index in [1.807, 2.05) is 48.5 Å². The van der Waals surface area contributed by atoms with Crippen LogP contribution in [0.5, 0.6) is 11.5 Å². The average molecular weight is 527 g/mol. The minimum Gasteiger partial charge on any atom is -0.497 e. The number of hydrogen-bond acceptors (Lipinski definition) is 5. The molecule has 0 atom stereocenters.